The topological polar surface area (TPSA) is 40.5 Å². The third-order valence-corrected chi connectivity index (χ3v) is 5.48. The van der Waals surface area contributed by atoms with Crippen LogP contribution in [0.25, 0.3) is 0 Å². The zero-order valence-electron chi connectivity index (χ0n) is 15.4. The van der Waals surface area contributed by atoms with Crippen LogP contribution in [-0.4, -0.2) is 36.0 Å². The first-order chi connectivity index (χ1) is 12.4. The second-order valence-corrected chi connectivity index (χ2v) is 7.97. The van der Waals surface area contributed by atoms with E-state index in [1.165, 1.54) is 11.1 Å². The number of aliphatic hydroxyl groups excluding tert-OH is 1. The Morgan fingerprint density at radius 1 is 1.08 bits per heavy atom. The second-order valence-electron chi connectivity index (χ2n) is 7.53. The number of hydrogen-bond acceptors (Lipinski definition) is 3. The Hall–Kier alpha value is -1.68. The number of hydrogen-bond donors (Lipinski definition) is 1. The van der Waals surface area contributed by atoms with E-state index in [1.54, 1.807) is 24.3 Å². The monoisotopic (exact) mass is 371 g/mol. The van der Waals surface area contributed by atoms with Crippen LogP contribution in [0.5, 0.6) is 0 Å². The van der Waals surface area contributed by atoms with Crippen LogP contribution in [0.15, 0.2) is 48.5 Å². The van der Waals surface area contributed by atoms with Crippen LogP contribution in [0, 0.1) is 5.92 Å². The smallest absolute Gasteiger partial charge is 0.168 e. The SMILES string of the molecule is CN(C)Cc1ccc(C2CCC(O)C(C(=O)c3ccc(Cl)cc3)C2)cc1. The van der Waals surface area contributed by atoms with Crippen LogP contribution in [0.2, 0.25) is 5.02 Å². The van der Waals surface area contributed by atoms with E-state index in [-0.39, 0.29) is 11.7 Å². The molecular formula is C22H26ClNO2. The molecule has 0 spiro atoms. The maximum atomic E-state index is 12.9. The van der Waals surface area contributed by atoms with Crippen molar-refractivity contribution < 1.29 is 9.90 Å². The minimum absolute atomic E-state index is 0.0168. The van der Waals surface area contributed by atoms with Crippen molar-refractivity contribution in [2.45, 2.75) is 37.8 Å². The maximum absolute atomic E-state index is 12.9. The molecule has 3 nitrogen and oxygen atoms in total. The molecule has 0 saturated heterocycles. The normalized spacial score (nSPS) is 23.2. The van der Waals surface area contributed by atoms with E-state index in [4.69, 9.17) is 11.6 Å². The number of Topliss-reactive ketones (excluding diaryl/α,β-unsaturated/α-hetero) is 1. The first-order valence-electron chi connectivity index (χ1n) is 9.15. The van der Waals surface area contributed by atoms with E-state index in [1.807, 2.05) is 0 Å². The zero-order valence-corrected chi connectivity index (χ0v) is 16.1. The highest BCUT2D eigenvalue weighted by Gasteiger charge is 2.35. The van der Waals surface area contributed by atoms with Gasteiger partial charge in [-0.25, -0.2) is 0 Å². The molecule has 1 aliphatic carbocycles. The summed E-state index contributed by atoms with van der Waals surface area (Å²) in [6.07, 6.45) is 1.70. The molecular weight excluding hydrogens is 346 g/mol. The Bertz CT molecular complexity index is 740. The Morgan fingerprint density at radius 3 is 2.35 bits per heavy atom. The van der Waals surface area contributed by atoms with Crippen molar-refractivity contribution in [2.75, 3.05) is 14.1 Å². The predicted octanol–water partition coefficient (Wildman–Crippen LogP) is 4.53. The number of halogens is 1. The molecule has 26 heavy (non-hydrogen) atoms. The van der Waals surface area contributed by atoms with Crippen LogP contribution >= 0.6 is 11.6 Å². The predicted molar refractivity (Wildman–Crippen MR) is 106 cm³/mol. The molecule has 3 atom stereocenters. The van der Waals surface area contributed by atoms with Crippen molar-refractivity contribution >= 4 is 17.4 Å². The van der Waals surface area contributed by atoms with Gasteiger partial charge in [0.15, 0.2) is 5.78 Å². The van der Waals surface area contributed by atoms with Gasteiger partial charge in [-0.3, -0.25) is 4.79 Å². The third kappa shape index (κ3) is 4.53. The number of nitrogens with zero attached hydrogens (tertiary/aromatic N) is 1. The van der Waals surface area contributed by atoms with Gasteiger partial charge in [-0.15, -0.1) is 0 Å². The van der Waals surface area contributed by atoms with Gasteiger partial charge in [0, 0.05) is 23.0 Å². The van der Waals surface area contributed by atoms with Gasteiger partial charge in [0.25, 0.3) is 0 Å². The third-order valence-electron chi connectivity index (χ3n) is 5.23. The lowest BCUT2D eigenvalue weighted by Gasteiger charge is -2.33. The summed E-state index contributed by atoms with van der Waals surface area (Å²) in [5, 5.41) is 11.0. The van der Waals surface area contributed by atoms with Gasteiger partial charge in [0.1, 0.15) is 0 Å². The lowest BCUT2D eigenvalue weighted by atomic mass is 9.73. The van der Waals surface area contributed by atoms with E-state index >= 15 is 0 Å². The zero-order chi connectivity index (χ0) is 18.7. The Labute approximate surface area is 160 Å². The van der Waals surface area contributed by atoms with E-state index in [2.05, 4.69) is 43.3 Å². The second kappa shape index (κ2) is 8.34. The molecule has 3 unspecified atom stereocenters. The van der Waals surface area contributed by atoms with E-state index in [0.717, 1.165) is 13.0 Å². The fourth-order valence-electron chi connectivity index (χ4n) is 3.83. The molecule has 138 valence electrons. The average molecular weight is 372 g/mol. The Kier molecular flexibility index (Phi) is 6.13. The molecule has 0 radical (unpaired) electrons. The van der Waals surface area contributed by atoms with E-state index in [9.17, 15) is 9.90 Å². The molecule has 1 aliphatic rings. The molecule has 0 aliphatic heterocycles. The summed E-state index contributed by atoms with van der Waals surface area (Å²) in [6.45, 7) is 0.918. The van der Waals surface area contributed by atoms with Crippen molar-refractivity contribution in [3.63, 3.8) is 0 Å². The highest BCUT2D eigenvalue weighted by Crippen LogP contribution is 2.38. The van der Waals surface area contributed by atoms with Gasteiger partial charge in [-0.05, 0) is 74.7 Å². The number of carbonyl (C=O) groups is 1. The molecule has 0 heterocycles. The lowest BCUT2D eigenvalue weighted by Crippen LogP contribution is -2.34. The van der Waals surface area contributed by atoms with Gasteiger partial charge < -0.3 is 10.0 Å². The fourth-order valence-corrected chi connectivity index (χ4v) is 3.95. The lowest BCUT2D eigenvalue weighted by molar-refractivity contribution is 0.0483. The number of aliphatic hydroxyl groups is 1. The molecule has 2 aromatic carbocycles. The number of carbonyl (C=O) groups excluding carboxylic acids is 1. The first-order valence-corrected chi connectivity index (χ1v) is 9.53. The van der Waals surface area contributed by atoms with E-state index in [0.29, 0.717) is 29.3 Å². The minimum atomic E-state index is -0.567. The maximum Gasteiger partial charge on any atom is 0.168 e. The van der Waals surface area contributed by atoms with Gasteiger partial charge in [0.2, 0.25) is 0 Å². The van der Waals surface area contributed by atoms with Gasteiger partial charge in [0.05, 0.1) is 6.10 Å². The van der Waals surface area contributed by atoms with Crippen LogP contribution in [0.1, 0.15) is 46.7 Å². The van der Waals surface area contributed by atoms with Crippen molar-refractivity contribution in [1.29, 1.82) is 0 Å². The van der Waals surface area contributed by atoms with Gasteiger partial charge in [-0.1, -0.05) is 35.9 Å². The van der Waals surface area contributed by atoms with Crippen LogP contribution in [-0.2, 0) is 6.54 Å². The van der Waals surface area contributed by atoms with Crippen molar-refractivity contribution in [1.82, 2.24) is 4.90 Å². The minimum Gasteiger partial charge on any atom is -0.392 e. The summed E-state index contributed by atoms with van der Waals surface area (Å²) >= 11 is 5.91. The number of benzene rings is 2. The summed E-state index contributed by atoms with van der Waals surface area (Å²) < 4.78 is 0. The molecule has 3 rings (SSSR count). The van der Waals surface area contributed by atoms with Crippen LogP contribution in [0.4, 0.5) is 0 Å². The standard InChI is InChI=1S/C22H26ClNO2/c1-24(2)14-15-3-5-16(6-4-15)18-9-12-21(25)20(13-18)22(26)17-7-10-19(23)11-8-17/h3-8,10-11,18,20-21,25H,9,12-14H2,1-2H3. The van der Waals surface area contributed by atoms with Crippen molar-refractivity contribution in [2.24, 2.45) is 5.92 Å². The molecule has 2 aromatic rings. The fraction of sp³-hybridized carbons (Fsp3) is 0.409. The number of ketones is 1. The summed E-state index contributed by atoms with van der Waals surface area (Å²) in [6, 6.07) is 15.6. The summed E-state index contributed by atoms with van der Waals surface area (Å²) in [7, 11) is 4.12. The Balaban J connectivity index is 1.73. The Morgan fingerprint density at radius 2 is 1.73 bits per heavy atom. The molecule has 1 N–H and O–H groups in total. The first kappa shape index (κ1) is 19.1. The van der Waals surface area contributed by atoms with Gasteiger partial charge in [-0.2, -0.15) is 0 Å². The molecule has 1 saturated carbocycles. The molecule has 4 heteroatoms. The molecule has 0 amide bonds. The van der Waals surface area contributed by atoms with Crippen molar-refractivity contribution in [3.8, 4) is 0 Å². The quantitative estimate of drug-likeness (QED) is 0.785. The highest BCUT2D eigenvalue weighted by molar-refractivity contribution is 6.30. The van der Waals surface area contributed by atoms with Crippen LogP contribution in [0.3, 0.4) is 0 Å². The number of rotatable bonds is 5. The van der Waals surface area contributed by atoms with Crippen LogP contribution < -0.4 is 0 Å². The summed E-state index contributed by atoms with van der Waals surface area (Å²) in [5.74, 6) is -0.0208. The molecule has 1 fully saturated rings. The van der Waals surface area contributed by atoms with Crippen molar-refractivity contribution in [3.05, 3.63) is 70.2 Å². The largest absolute Gasteiger partial charge is 0.392 e. The molecule has 0 aromatic heterocycles. The summed E-state index contributed by atoms with van der Waals surface area (Å²) in [4.78, 5) is 15.0. The summed E-state index contributed by atoms with van der Waals surface area (Å²) in [5.41, 5.74) is 3.16. The highest BCUT2D eigenvalue weighted by atomic mass is 35.5. The van der Waals surface area contributed by atoms with Gasteiger partial charge >= 0.3 is 0 Å². The molecule has 0 bridgehead atoms. The van der Waals surface area contributed by atoms with E-state index < -0.39 is 6.10 Å². The average Bonchev–Trinajstić information content (AvgIpc) is 2.62.